The van der Waals surface area contributed by atoms with E-state index in [-0.39, 0.29) is 5.91 Å². The number of carbonyl (C=O) groups is 1. The number of H-pyrrole nitrogens is 1. The van der Waals surface area contributed by atoms with Crippen LogP contribution >= 0.6 is 0 Å². The van der Waals surface area contributed by atoms with Gasteiger partial charge in [0.1, 0.15) is 0 Å². The third-order valence-corrected chi connectivity index (χ3v) is 2.83. The molecule has 90 valence electrons. The molecular formula is C13H16N2O2. The Labute approximate surface area is 100 Å². The van der Waals surface area contributed by atoms with Gasteiger partial charge in [-0.25, -0.2) is 5.06 Å². The SMILES string of the molecule is CON(CCc1c[nH]c2ccccc12)C(C)=O. The van der Waals surface area contributed by atoms with E-state index in [0.717, 1.165) is 11.9 Å². The van der Waals surface area contributed by atoms with Crippen LogP contribution in [-0.2, 0) is 16.1 Å². The Balaban J connectivity index is 2.11. The highest BCUT2D eigenvalue weighted by atomic mass is 16.7. The number of aromatic nitrogens is 1. The van der Waals surface area contributed by atoms with Gasteiger partial charge in [0.2, 0.25) is 5.91 Å². The van der Waals surface area contributed by atoms with E-state index in [1.165, 1.54) is 30.0 Å². The van der Waals surface area contributed by atoms with E-state index >= 15 is 0 Å². The van der Waals surface area contributed by atoms with Gasteiger partial charge < -0.3 is 4.98 Å². The Morgan fingerprint density at radius 2 is 2.18 bits per heavy atom. The molecule has 0 aliphatic rings. The zero-order valence-corrected chi connectivity index (χ0v) is 10.1. The summed E-state index contributed by atoms with van der Waals surface area (Å²) in [7, 11) is 1.51. The lowest BCUT2D eigenvalue weighted by atomic mass is 10.1. The first-order valence-corrected chi connectivity index (χ1v) is 5.59. The molecule has 0 spiro atoms. The quantitative estimate of drug-likeness (QED) is 0.821. The van der Waals surface area contributed by atoms with Crippen molar-refractivity contribution >= 4 is 16.8 Å². The molecule has 0 unspecified atom stereocenters. The number of rotatable bonds is 4. The second kappa shape index (κ2) is 5.01. The zero-order valence-electron chi connectivity index (χ0n) is 10.1. The van der Waals surface area contributed by atoms with Gasteiger partial charge in [0, 0.05) is 24.0 Å². The maximum atomic E-state index is 11.2. The van der Waals surface area contributed by atoms with E-state index in [2.05, 4.69) is 11.1 Å². The Morgan fingerprint density at radius 1 is 1.41 bits per heavy atom. The highest BCUT2D eigenvalue weighted by Crippen LogP contribution is 2.18. The fourth-order valence-electron chi connectivity index (χ4n) is 1.94. The van der Waals surface area contributed by atoms with E-state index in [4.69, 9.17) is 4.84 Å². The van der Waals surface area contributed by atoms with Gasteiger partial charge in [-0.1, -0.05) is 18.2 Å². The predicted molar refractivity (Wildman–Crippen MR) is 66.4 cm³/mol. The molecule has 1 N–H and O–H groups in total. The summed E-state index contributed by atoms with van der Waals surface area (Å²) in [6.45, 7) is 2.06. The molecule has 4 heteroatoms. The van der Waals surface area contributed by atoms with Crippen LogP contribution in [0.1, 0.15) is 12.5 Å². The summed E-state index contributed by atoms with van der Waals surface area (Å²) in [5.41, 5.74) is 2.32. The van der Waals surface area contributed by atoms with Crippen LogP contribution in [-0.4, -0.2) is 29.6 Å². The van der Waals surface area contributed by atoms with Gasteiger partial charge in [-0.05, 0) is 18.1 Å². The molecule has 2 aromatic rings. The first kappa shape index (κ1) is 11.7. The molecule has 0 fully saturated rings. The fraction of sp³-hybridized carbons (Fsp3) is 0.308. The summed E-state index contributed by atoms with van der Waals surface area (Å²) in [5, 5.41) is 2.56. The molecule has 4 nitrogen and oxygen atoms in total. The molecule has 2 rings (SSSR count). The third-order valence-electron chi connectivity index (χ3n) is 2.83. The van der Waals surface area contributed by atoms with Crippen molar-refractivity contribution in [2.45, 2.75) is 13.3 Å². The summed E-state index contributed by atoms with van der Waals surface area (Å²) < 4.78 is 0. The number of hydroxylamine groups is 2. The van der Waals surface area contributed by atoms with Gasteiger partial charge in [0.25, 0.3) is 0 Å². The number of benzene rings is 1. The van der Waals surface area contributed by atoms with Crippen LogP contribution in [0.2, 0.25) is 0 Å². The number of amides is 1. The van der Waals surface area contributed by atoms with Crippen LogP contribution in [0.15, 0.2) is 30.5 Å². The molecule has 0 aliphatic heterocycles. The summed E-state index contributed by atoms with van der Waals surface area (Å²) in [4.78, 5) is 19.4. The van der Waals surface area contributed by atoms with Crippen molar-refractivity contribution in [1.29, 1.82) is 0 Å². The molecule has 17 heavy (non-hydrogen) atoms. The summed E-state index contributed by atoms with van der Waals surface area (Å²) in [6.07, 6.45) is 2.76. The molecule has 0 aliphatic carbocycles. The minimum Gasteiger partial charge on any atom is -0.361 e. The number of hydrogen-bond acceptors (Lipinski definition) is 2. The average molecular weight is 232 g/mol. The van der Waals surface area contributed by atoms with Gasteiger partial charge in [-0.15, -0.1) is 0 Å². The van der Waals surface area contributed by atoms with Crippen LogP contribution in [0.4, 0.5) is 0 Å². The standard InChI is InChI=1S/C13H16N2O2/c1-10(16)15(17-2)8-7-11-9-14-13-6-4-3-5-12(11)13/h3-6,9,14H,7-8H2,1-2H3. The van der Waals surface area contributed by atoms with E-state index in [0.29, 0.717) is 6.54 Å². The number of para-hydroxylation sites is 1. The number of aromatic amines is 1. The van der Waals surface area contributed by atoms with Crippen molar-refractivity contribution in [3.8, 4) is 0 Å². The molecule has 0 saturated heterocycles. The van der Waals surface area contributed by atoms with Crippen LogP contribution in [0.3, 0.4) is 0 Å². The Bertz CT molecular complexity index is 519. The molecule has 0 saturated carbocycles. The third kappa shape index (κ3) is 2.47. The van der Waals surface area contributed by atoms with Gasteiger partial charge in [0.15, 0.2) is 0 Å². The Morgan fingerprint density at radius 3 is 2.88 bits per heavy atom. The smallest absolute Gasteiger partial charge is 0.242 e. The Kier molecular flexibility index (Phi) is 3.44. The van der Waals surface area contributed by atoms with E-state index in [1.54, 1.807) is 0 Å². The average Bonchev–Trinajstić information content (AvgIpc) is 2.73. The lowest BCUT2D eigenvalue weighted by molar-refractivity contribution is -0.173. The van der Waals surface area contributed by atoms with Crippen LogP contribution in [0.25, 0.3) is 10.9 Å². The van der Waals surface area contributed by atoms with Crippen molar-refractivity contribution in [2.75, 3.05) is 13.7 Å². The van der Waals surface area contributed by atoms with Crippen molar-refractivity contribution in [1.82, 2.24) is 10.0 Å². The molecule has 1 amide bonds. The maximum absolute atomic E-state index is 11.2. The molecule has 0 bridgehead atoms. The maximum Gasteiger partial charge on any atom is 0.242 e. The van der Waals surface area contributed by atoms with Crippen molar-refractivity contribution in [3.63, 3.8) is 0 Å². The number of carbonyl (C=O) groups excluding carboxylic acids is 1. The highest BCUT2D eigenvalue weighted by Gasteiger charge is 2.09. The topological polar surface area (TPSA) is 45.3 Å². The van der Waals surface area contributed by atoms with Gasteiger partial charge in [-0.3, -0.25) is 9.63 Å². The van der Waals surface area contributed by atoms with E-state index in [9.17, 15) is 4.79 Å². The van der Waals surface area contributed by atoms with Crippen molar-refractivity contribution in [2.24, 2.45) is 0 Å². The normalized spacial score (nSPS) is 10.7. The van der Waals surface area contributed by atoms with Crippen LogP contribution in [0, 0.1) is 0 Å². The summed E-state index contributed by atoms with van der Waals surface area (Å²) in [5.74, 6) is -0.0765. The second-order valence-electron chi connectivity index (χ2n) is 3.91. The van der Waals surface area contributed by atoms with Crippen LogP contribution in [0.5, 0.6) is 0 Å². The number of fused-ring (bicyclic) bond motifs is 1. The number of nitrogens with zero attached hydrogens (tertiary/aromatic N) is 1. The molecular weight excluding hydrogens is 216 g/mol. The van der Waals surface area contributed by atoms with Gasteiger partial charge in [-0.2, -0.15) is 0 Å². The minimum atomic E-state index is -0.0765. The predicted octanol–water partition coefficient (Wildman–Crippen LogP) is 2.12. The monoisotopic (exact) mass is 232 g/mol. The lowest BCUT2D eigenvalue weighted by Gasteiger charge is -2.17. The Hall–Kier alpha value is -1.81. The molecule has 1 aromatic carbocycles. The number of hydrogen-bond donors (Lipinski definition) is 1. The molecule has 1 aromatic heterocycles. The summed E-state index contributed by atoms with van der Waals surface area (Å²) in [6, 6.07) is 8.13. The minimum absolute atomic E-state index is 0.0765. The molecule has 0 radical (unpaired) electrons. The zero-order chi connectivity index (χ0) is 12.3. The first-order chi connectivity index (χ1) is 8.22. The second-order valence-corrected chi connectivity index (χ2v) is 3.91. The first-order valence-electron chi connectivity index (χ1n) is 5.59. The van der Waals surface area contributed by atoms with Crippen molar-refractivity contribution in [3.05, 3.63) is 36.0 Å². The lowest BCUT2D eigenvalue weighted by Crippen LogP contribution is -2.29. The van der Waals surface area contributed by atoms with Gasteiger partial charge in [0.05, 0.1) is 13.7 Å². The largest absolute Gasteiger partial charge is 0.361 e. The van der Waals surface area contributed by atoms with Crippen LogP contribution < -0.4 is 0 Å². The van der Waals surface area contributed by atoms with E-state index < -0.39 is 0 Å². The summed E-state index contributed by atoms with van der Waals surface area (Å²) >= 11 is 0. The highest BCUT2D eigenvalue weighted by molar-refractivity contribution is 5.83. The molecule has 1 heterocycles. The fourth-order valence-corrected chi connectivity index (χ4v) is 1.94. The van der Waals surface area contributed by atoms with Gasteiger partial charge >= 0.3 is 0 Å². The van der Waals surface area contributed by atoms with Crippen molar-refractivity contribution < 1.29 is 9.63 Å². The number of nitrogens with one attached hydrogen (secondary N) is 1. The van der Waals surface area contributed by atoms with E-state index in [1.807, 2.05) is 24.4 Å². The molecule has 0 atom stereocenters.